The molecule has 2 aliphatic rings. The first-order chi connectivity index (χ1) is 15.8. The number of ketones is 1. The summed E-state index contributed by atoms with van der Waals surface area (Å²) >= 11 is 0. The van der Waals surface area contributed by atoms with Crippen LogP contribution in [0.3, 0.4) is 0 Å². The summed E-state index contributed by atoms with van der Waals surface area (Å²) < 4.78 is 13.4. The van der Waals surface area contributed by atoms with Crippen LogP contribution in [0.5, 0.6) is 11.5 Å². The summed E-state index contributed by atoms with van der Waals surface area (Å²) in [6.45, 7) is 6.70. The van der Waals surface area contributed by atoms with E-state index in [9.17, 15) is 4.79 Å². The van der Waals surface area contributed by atoms with Gasteiger partial charge in [-0.05, 0) is 52.4 Å². The predicted octanol–water partition coefficient (Wildman–Crippen LogP) is 4.23. The van der Waals surface area contributed by atoms with E-state index < -0.39 is 6.04 Å². The van der Waals surface area contributed by atoms with Gasteiger partial charge in [0.1, 0.15) is 12.6 Å². The molecule has 1 aliphatic carbocycles. The number of rotatable bonds is 5. The summed E-state index contributed by atoms with van der Waals surface area (Å²) in [6, 6.07) is 13.5. The van der Waals surface area contributed by atoms with E-state index in [1.165, 1.54) is 5.56 Å². The molecule has 0 spiro atoms. The largest absolute Gasteiger partial charge is 0.493 e. The summed E-state index contributed by atoms with van der Waals surface area (Å²) in [7, 11) is 1.61. The lowest BCUT2D eigenvalue weighted by atomic mass is 9.73. The number of carbonyl (C=O) groups is 1. The molecule has 0 bridgehead atoms. The Morgan fingerprint density at radius 2 is 2.00 bits per heavy atom. The van der Waals surface area contributed by atoms with Gasteiger partial charge in [0.15, 0.2) is 17.3 Å². The van der Waals surface area contributed by atoms with Gasteiger partial charge in [0, 0.05) is 17.7 Å². The van der Waals surface area contributed by atoms with Gasteiger partial charge in [0.2, 0.25) is 5.95 Å². The van der Waals surface area contributed by atoms with Crippen molar-refractivity contribution in [1.29, 1.82) is 0 Å². The molecule has 8 nitrogen and oxygen atoms in total. The van der Waals surface area contributed by atoms with Crippen LogP contribution in [0, 0.1) is 12.3 Å². The lowest BCUT2D eigenvalue weighted by Gasteiger charge is -2.37. The molecule has 5 rings (SSSR count). The van der Waals surface area contributed by atoms with E-state index in [0.717, 1.165) is 23.2 Å². The molecule has 33 heavy (non-hydrogen) atoms. The van der Waals surface area contributed by atoms with Crippen LogP contribution >= 0.6 is 0 Å². The molecule has 1 aromatic heterocycles. The number of anilines is 1. The summed E-state index contributed by atoms with van der Waals surface area (Å²) in [6.07, 6.45) is 1.24. The highest BCUT2D eigenvalue weighted by Gasteiger charge is 2.42. The number of hydrogen-bond acceptors (Lipinski definition) is 7. The molecule has 0 saturated heterocycles. The molecule has 170 valence electrons. The fourth-order valence-corrected chi connectivity index (χ4v) is 4.71. The Labute approximate surface area is 192 Å². The van der Waals surface area contributed by atoms with E-state index in [1.807, 2.05) is 30.3 Å². The van der Waals surface area contributed by atoms with Gasteiger partial charge in [-0.2, -0.15) is 4.68 Å². The average molecular weight is 446 g/mol. The number of ether oxygens (including phenoxy) is 2. The van der Waals surface area contributed by atoms with Gasteiger partial charge in [-0.15, -0.1) is 0 Å². The third-order valence-electron chi connectivity index (χ3n) is 6.17. The predicted molar refractivity (Wildman–Crippen MR) is 123 cm³/mol. The number of nitrogens with zero attached hydrogens (tertiary/aromatic N) is 4. The number of benzene rings is 2. The third-order valence-corrected chi connectivity index (χ3v) is 6.17. The molecule has 3 aromatic rings. The van der Waals surface area contributed by atoms with Crippen molar-refractivity contribution in [2.75, 3.05) is 12.4 Å². The molecule has 0 radical (unpaired) electrons. The second kappa shape index (κ2) is 8.03. The van der Waals surface area contributed by atoms with Gasteiger partial charge < -0.3 is 14.8 Å². The maximum Gasteiger partial charge on any atom is 0.248 e. The normalized spacial score (nSPS) is 18.9. The van der Waals surface area contributed by atoms with Crippen LogP contribution in [0.1, 0.15) is 49.4 Å². The zero-order valence-corrected chi connectivity index (χ0v) is 19.3. The number of aryl methyl sites for hydroxylation is 1. The van der Waals surface area contributed by atoms with Gasteiger partial charge >= 0.3 is 0 Å². The smallest absolute Gasteiger partial charge is 0.248 e. The minimum Gasteiger partial charge on any atom is -0.493 e. The highest BCUT2D eigenvalue weighted by Crippen LogP contribution is 2.46. The number of fused-ring (bicyclic) bond motifs is 1. The lowest BCUT2D eigenvalue weighted by Crippen LogP contribution is -2.36. The van der Waals surface area contributed by atoms with Crippen LogP contribution in [-0.2, 0) is 11.4 Å². The first kappa shape index (κ1) is 21.2. The van der Waals surface area contributed by atoms with Crippen molar-refractivity contribution >= 4 is 11.7 Å². The molecular formula is C25H27N5O3. The van der Waals surface area contributed by atoms with Crippen molar-refractivity contribution in [2.45, 2.75) is 46.3 Å². The molecule has 1 atom stereocenters. The fraction of sp³-hybridized carbons (Fsp3) is 0.360. The first-order valence-electron chi connectivity index (χ1n) is 11.0. The number of Topliss-reactive ketones (excluding diaryl/α,β-unsaturated/α-hetero) is 1. The molecule has 2 aromatic carbocycles. The number of hydrogen-bond donors (Lipinski definition) is 1. The number of methoxy groups -OCH3 is 1. The van der Waals surface area contributed by atoms with Crippen molar-refractivity contribution in [3.63, 3.8) is 0 Å². The lowest BCUT2D eigenvalue weighted by molar-refractivity contribution is -0.118. The Bertz CT molecular complexity index is 1260. The van der Waals surface area contributed by atoms with Gasteiger partial charge in [0.05, 0.1) is 7.11 Å². The van der Waals surface area contributed by atoms with Gasteiger partial charge in [-0.1, -0.05) is 54.8 Å². The van der Waals surface area contributed by atoms with Crippen molar-refractivity contribution in [3.05, 3.63) is 70.4 Å². The maximum absolute atomic E-state index is 13.2. The van der Waals surface area contributed by atoms with Crippen LogP contribution in [0.25, 0.3) is 0 Å². The fourth-order valence-electron chi connectivity index (χ4n) is 4.71. The second-order valence-electron chi connectivity index (χ2n) is 9.50. The highest BCUT2D eigenvalue weighted by atomic mass is 16.5. The average Bonchev–Trinajstić information content (AvgIpc) is 3.23. The Balaban J connectivity index is 1.50. The van der Waals surface area contributed by atoms with Gasteiger partial charge in [0.25, 0.3) is 0 Å². The van der Waals surface area contributed by atoms with Crippen LogP contribution in [0.15, 0.2) is 53.7 Å². The molecule has 1 unspecified atom stereocenters. The molecule has 0 saturated carbocycles. The minimum absolute atomic E-state index is 0.110. The monoisotopic (exact) mass is 445 g/mol. The van der Waals surface area contributed by atoms with Crippen molar-refractivity contribution < 1.29 is 14.3 Å². The van der Waals surface area contributed by atoms with Crippen LogP contribution in [0.4, 0.5) is 5.95 Å². The number of tetrazole rings is 1. The third kappa shape index (κ3) is 3.97. The topological polar surface area (TPSA) is 91.2 Å². The van der Waals surface area contributed by atoms with E-state index in [4.69, 9.17) is 9.47 Å². The van der Waals surface area contributed by atoms with Crippen LogP contribution in [0.2, 0.25) is 0 Å². The summed E-state index contributed by atoms with van der Waals surface area (Å²) in [5.41, 5.74) is 4.63. The van der Waals surface area contributed by atoms with Gasteiger partial charge in [-0.25, -0.2) is 0 Å². The Morgan fingerprint density at radius 3 is 2.79 bits per heavy atom. The summed E-state index contributed by atoms with van der Waals surface area (Å²) in [4.78, 5) is 13.2. The van der Waals surface area contributed by atoms with E-state index in [0.29, 0.717) is 36.0 Å². The van der Waals surface area contributed by atoms with E-state index in [1.54, 1.807) is 11.8 Å². The molecule has 1 aliphatic heterocycles. The molecular weight excluding hydrogens is 418 g/mol. The summed E-state index contributed by atoms with van der Waals surface area (Å²) in [5, 5.41) is 15.4. The molecule has 2 heterocycles. The maximum atomic E-state index is 13.2. The number of nitrogens with one attached hydrogen (secondary N) is 1. The van der Waals surface area contributed by atoms with E-state index in [2.05, 4.69) is 53.7 Å². The first-order valence-corrected chi connectivity index (χ1v) is 11.0. The molecule has 0 amide bonds. The van der Waals surface area contributed by atoms with Gasteiger partial charge in [-0.3, -0.25) is 4.79 Å². The SMILES string of the molecule is COc1cc(C2C3=C(CC(C)(C)CC3=O)Nc3nnnn32)ccc1OCc1cccc(C)c1. The Morgan fingerprint density at radius 1 is 1.15 bits per heavy atom. The van der Waals surface area contributed by atoms with E-state index >= 15 is 0 Å². The van der Waals surface area contributed by atoms with Crippen molar-refractivity contribution in [2.24, 2.45) is 5.41 Å². The Hall–Kier alpha value is -3.68. The molecule has 8 heteroatoms. The van der Waals surface area contributed by atoms with E-state index in [-0.39, 0.29) is 11.2 Å². The molecule has 0 fully saturated rings. The highest BCUT2D eigenvalue weighted by molar-refractivity contribution is 6.00. The van der Waals surface area contributed by atoms with Crippen LogP contribution in [-0.4, -0.2) is 33.1 Å². The van der Waals surface area contributed by atoms with Crippen molar-refractivity contribution in [1.82, 2.24) is 20.2 Å². The van der Waals surface area contributed by atoms with Crippen LogP contribution < -0.4 is 14.8 Å². The standard InChI is InChI=1S/C25H27N5O3/c1-15-6-5-7-16(10-15)14-33-20-9-8-17(11-21(20)32-4)23-22-18(12-25(2,3)13-19(22)31)26-24-27-28-29-30(23)24/h5-11,23H,12-14H2,1-4H3,(H,26,27,29). The quantitative estimate of drug-likeness (QED) is 0.628. The number of carbonyl (C=O) groups excluding carboxylic acids is 1. The second-order valence-corrected chi connectivity index (χ2v) is 9.50. The van der Waals surface area contributed by atoms with Crippen molar-refractivity contribution in [3.8, 4) is 11.5 Å². The Kier molecular flexibility index (Phi) is 5.15. The number of allylic oxidation sites excluding steroid dienone is 2. The number of aromatic nitrogens is 4. The summed E-state index contributed by atoms with van der Waals surface area (Å²) in [5.74, 6) is 1.87. The minimum atomic E-state index is -0.422. The zero-order valence-electron chi connectivity index (χ0n) is 19.3. The zero-order chi connectivity index (χ0) is 23.2. The molecule has 1 N–H and O–H groups in total.